The van der Waals surface area contributed by atoms with E-state index in [0.717, 1.165) is 6.26 Å². The highest BCUT2D eigenvalue weighted by Gasteiger charge is 2.26. The fourth-order valence-corrected chi connectivity index (χ4v) is 2.29. The Balaban J connectivity index is 2.74. The van der Waals surface area contributed by atoms with Crippen LogP contribution < -0.4 is 10.1 Å². The van der Waals surface area contributed by atoms with E-state index in [4.69, 9.17) is 14.2 Å². The standard InChI is InChI=1S/C17H25NO8S/c1-17(2,3)26-16(20)18-14(15(19)23-4)12-6-8-13(9-7-12)24-10-11-25-27(5,21)22/h6-9,14H,10-11H2,1-5H3,(H,18,20). The minimum atomic E-state index is -3.52. The van der Waals surface area contributed by atoms with Crippen molar-refractivity contribution >= 4 is 22.2 Å². The van der Waals surface area contributed by atoms with Crippen molar-refractivity contribution in [3.05, 3.63) is 29.8 Å². The lowest BCUT2D eigenvalue weighted by Gasteiger charge is -2.22. The van der Waals surface area contributed by atoms with Crippen molar-refractivity contribution < 1.29 is 36.4 Å². The molecule has 0 saturated heterocycles. The largest absolute Gasteiger partial charge is 0.491 e. The first-order valence-corrected chi connectivity index (χ1v) is 9.87. The van der Waals surface area contributed by atoms with Crippen LogP contribution in [0.3, 0.4) is 0 Å². The Kier molecular flexibility index (Phi) is 8.04. The number of benzene rings is 1. The van der Waals surface area contributed by atoms with Crippen molar-refractivity contribution in [2.45, 2.75) is 32.4 Å². The second-order valence-corrected chi connectivity index (χ2v) is 8.19. The van der Waals surface area contributed by atoms with Gasteiger partial charge >= 0.3 is 12.1 Å². The highest BCUT2D eigenvalue weighted by molar-refractivity contribution is 7.85. The zero-order valence-electron chi connectivity index (χ0n) is 16.0. The Labute approximate surface area is 159 Å². The molecule has 1 atom stereocenters. The molecule has 0 aliphatic heterocycles. The summed E-state index contributed by atoms with van der Waals surface area (Å²) in [7, 11) is -2.30. The van der Waals surface area contributed by atoms with Crippen LogP contribution in [-0.4, -0.2) is 52.7 Å². The van der Waals surface area contributed by atoms with Crippen LogP contribution in [0.1, 0.15) is 32.4 Å². The van der Waals surface area contributed by atoms with Crippen molar-refractivity contribution in [1.82, 2.24) is 5.32 Å². The molecule has 1 rings (SSSR count). The van der Waals surface area contributed by atoms with E-state index in [1.54, 1.807) is 45.0 Å². The number of nitrogens with one attached hydrogen (secondary N) is 1. The normalized spacial score (nSPS) is 12.8. The molecule has 1 aromatic carbocycles. The Morgan fingerprint density at radius 1 is 1.11 bits per heavy atom. The Hall–Kier alpha value is -2.33. The molecule has 0 fully saturated rings. The van der Waals surface area contributed by atoms with E-state index in [9.17, 15) is 18.0 Å². The lowest BCUT2D eigenvalue weighted by Crippen LogP contribution is -2.38. The van der Waals surface area contributed by atoms with Crippen molar-refractivity contribution in [2.75, 3.05) is 26.6 Å². The molecule has 152 valence electrons. The van der Waals surface area contributed by atoms with Crippen LogP contribution >= 0.6 is 0 Å². The van der Waals surface area contributed by atoms with Crippen molar-refractivity contribution in [1.29, 1.82) is 0 Å². The van der Waals surface area contributed by atoms with Gasteiger partial charge < -0.3 is 19.5 Å². The predicted octanol–water partition coefficient (Wildman–Crippen LogP) is 1.78. The fourth-order valence-electron chi connectivity index (χ4n) is 1.92. The summed E-state index contributed by atoms with van der Waals surface area (Å²) in [4.78, 5) is 24.0. The summed E-state index contributed by atoms with van der Waals surface area (Å²) in [5.74, 6) is -0.215. The summed E-state index contributed by atoms with van der Waals surface area (Å²) < 4.78 is 41.5. The first-order valence-electron chi connectivity index (χ1n) is 8.06. The Morgan fingerprint density at radius 3 is 2.19 bits per heavy atom. The molecular weight excluding hydrogens is 378 g/mol. The second-order valence-electron chi connectivity index (χ2n) is 6.55. The fraction of sp³-hybridized carbons (Fsp3) is 0.529. The molecule has 0 aromatic heterocycles. The van der Waals surface area contributed by atoms with Crippen molar-refractivity contribution in [3.63, 3.8) is 0 Å². The van der Waals surface area contributed by atoms with Gasteiger partial charge in [0.15, 0.2) is 6.04 Å². The van der Waals surface area contributed by atoms with Gasteiger partial charge in [0.25, 0.3) is 10.1 Å². The average molecular weight is 403 g/mol. The van der Waals surface area contributed by atoms with Gasteiger partial charge in [0.2, 0.25) is 0 Å². The van der Waals surface area contributed by atoms with Gasteiger partial charge in [-0.15, -0.1) is 0 Å². The van der Waals surface area contributed by atoms with Crippen molar-refractivity contribution in [3.8, 4) is 5.75 Å². The molecule has 0 bridgehead atoms. The molecule has 0 spiro atoms. The molecule has 0 saturated carbocycles. The maximum absolute atomic E-state index is 12.0. The maximum atomic E-state index is 12.0. The third kappa shape index (κ3) is 9.25. The number of hydrogen-bond acceptors (Lipinski definition) is 8. The van der Waals surface area contributed by atoms with Crippen LogP contribution in [0.25, 0.3) is 0 Å². The van der Waals surface area contributed by atoms with Gasteiger partial charge in [-0.3, -0.25) is 4.18 Å². The van der Waals surface area contributed by atoms with E-state index >= 15 is 0 Å². The maximum Gasteiger partial charge on any atom is 0.408 e. The van der Waals surface area contributed by atoms with Crippen LogP contribution in [0.4, 0.5) is 4.79 Å². The smallest absolute Gasteiger partial charge is 0.408 e. The van der Waals surface area contributed by atoms with Gasteiger partial charge in [-0.05, 0) is 38.5 Å². The van der Waals surface area contributed by atoms with Gasteiger partial charge in [-0.25, -0.2) is 9.59 Å². The lowest BCUT2D eigenvalue weighted by atomic mass is 10.1. The number of hydrogen-bond donors (Lipinski definition) is 1. The lowest BCUT2D eigenvalue weighted by molar-refractivity contribution is -0.143. The summed E-state index contributed by atoms with van der Waals surface area (Å²) >= 11 is 0. The monoisotopic (exact) mass is 403 g/mol. The predicted molar refractivity (Wildman–Crippen MR) is 96.9 cm³/mol. The van der Waals surface area contributed by atoms with Gasteiger partial charge in [0.05, 0.1) is 13.4 Å². The Bertz CT molecular complexity index is 737. The molecular formula is C17H25NO8S. The number of carbonyl (C=O) groups is 2. The van der Waals surface area contributed by atoms with Crippen LogP contribution in [0.2, 0.25) is 0 Å². The number of amides is 1. The number of rotatable bonds is 8. The quantitative estimate of drug-likeness (QED) is 0.396. The number of esters is 1. The average Bonchev–Trinajstić information content (AvgIpc) is 2.54. The first-order chi connectivity index (χ1) is 12.4. The summed E-state index contributed by atoms with van der Waals surface area (Å²) in [5.41, 5.74) is -0.247. The SMILES string of the molecule is COC(=O)C(NC(=O)OC(C)(C)C)c1ccc(OCCOS(C)(=O)=O)cc1. The van der Waals surface area contributed by atoms with Crippen molar-refractivity contribution in [2.24, 2.45) is 0 Å². The minimum Gasteiger partial charge on any atom is -0.491 e. The van der Waals surface area contributed by atoms with E-state index in [1.165, 1.54) is 7.11 Å². The van der Waals surface area contributed by atoms with Gasteiger partial charge in [0, 0.05) is 0 Å². The summed E-state index contributed by atoms with van der Waals surface area (Å²) in [6.07, 6.45) is 0.197. The third-order valence-corrected chi connectivity index (χ3v) is 3.56. The second kappa shape index (κ2) is 9.56. The van der Waals surface area contributed by atoms with Crippen LogP contribution in [0.5, 0.6) is 5.75 Å². The molecule has 0 aliphatic rings. The molecule has 0 aliphatic carbocycles. The number of ether oxygens (including phenoxy) is 3. The van der Waals surface area contributed by atoms with Crippen LogP contribution in [-0.2, 0) is 28.6 Å². The zero-order chi connectivity index (χ0) is 20.7. The molecule has 1 unspecified atom stereocenters. The number of alkyl carbamates (subject to hydrolysis) is 1. The summed E-state index contributed by atoms with van der Waals surface area (Å²) in [6.45, 7) is 5.03. The third-order valence-electron chi connectivity index (χ3n) is 2.96. The summed E-state index contributed by atoms with van der Waals surface area (Å²) in [6, 6.07) is 5.25. The van der Waals surface area contributed by atoms with E-state index in [0.29, 0.717) is 11.3 Å². The Morgan fingerprint density at radius 2 is 1.70 bits per heavy atom. The van der Waals surface area contributed by atoms with Crippen LogP contribution in [0.15, 0.2) is 24.3 Å². The molecule has 0 heterocycles. The molecule has 10 heteroatoms. The topological polar surface area (TPSA) is 117 Å². The highest BCUT2D eigenvalue weighted by Crippen LogP contribution is 2.20. The molecule has 9 nitrogen and oxygen atoms in total. The number of carbonyl (C=O) groups excluding carboxylic acids is 2. The van der Waals surface area contributed by atoms with E-state index in [2.05, 4.69) is 9.50 Å². The first kappa shape index (κ1) is 22.7. The van der Waals surface area contributed by atoms with Crippen LogP contribution in [0, 0.1) is 0 Å². The number of methoxy groups -OCH3 is 1. The molecule has 1 aromatic rings. The summed E-state index contributed by atoms with van der Waals surface area (Å²) in [5, 5.41) is 2.47. The molecule has 1 N–H and O–H groups in total. The molecule has 1 amide bonds. The molecule has 27 heavy (non-hydrogen) atoms. The van der Waals surface area contributed by atoms with E-state index in [1.807, 2.05) is 0 Å². The van der Waals surface area contributed by atoms with Gasteiger partial charge in [-0.2, -0.15) is 8.42 Å². The minimum absolute atomic E-state index is 0.0308. The van der Waals surface area contributed by atoms with Gasteiger partial charge in [0.1, 0.15) is 24.6 Å². The molecule has 0 radical (unpaired) electrons. The van der Waals surface area contributed by atoms with E-state index in [-0.39, 0.29) is 13.2 Å². The van der Waals surface area contributed by atoms with E-state index < -0.39 is 33.8 Å². The zero-order valence-corrected chi connectivity index (χ0v) is 16.8. The van der Waals surface area contributed by atoms with Gasteiger partial charge in [-0.1, -0.05) is 12.1 Å². The highest BCUT2D eigenvalue weighted by atomic mass is 32.2.